The highest BCUT2D eigenvalue weighted by Gasteiger charge is 2.38. The van der Waals surface area contributed by atoms with Gasteiger partial charge in [-0.2, -0.15) is 13.2 Å². The normalized spacial score (nSPS) is 11.8. The second-order valence-corrected chi connectivity index (χ2v) is 6.97. The Morgan fingerprint density at radius 3 is 2.32 bits per heavy atom. The van der Waals surface area contributed by atoms with E-state index >= 15 is 0 Å². The molecule has 0 spiro atoms. The Bertz CT molecular complexity index is 1000. The Morgan fingerprint density at radius 2 is 1.71 bits per heavy atom. The smallest absolute Gasteiger partial charge is 0.434 e. The summed E-state index contributed by atoms with van der Waals surface area (Å²) in [5.74, 6) is 1.03. The number of thiazole rings is 1. The molecule has 9 heteroatoms. The zero-order valence-corrected chi connectivity index (χ0v) is 16.3. The van der Waals surface area contributed by atoms with Gasteiger partial charge in [-0.1, -0.05) is 35.1 Å². The van der Waals surface area contributed by atoms with Gasteiger partial charge in [-0.05, 0) is 41.5 Å². The highest BCUT2D eigenvalue weighted by molar-refractivity contribution is 7.18. The highest BCUT2D eigenvalue weighted by atomic mass is 35.5. The number of methoxy groups -OCH3 is 2. The van der Waals surface area contributed by atoms with Crippen LogP contribution in [0.4, 0.5) is 18.3 Å². The van der Waals surface area contributed by atoms with Crippen molar-refractivity contribution in [2.75, 3.05) is 14.2 Å². The summed E-state index contributed by atoms with van der Waals surface area (Å²) in [6.07, 6.45) is -3.17. The summed E-state index contributed by atoms with van der Waals surface area (Å²) in [6, 6.07) is 11.2. The quantitative estimate of drug-likeness (QED) is 0.453. The Labute approximate surface area is 168 Å². The van der Waals surface area contributed by atoms with E-state index in [-0.39, 0.29) is 10.0 Å². The highest BCUT2D eigenvalue weighted by Crippen LogP contribution is 2.43. The summed E-state index contributed by atoms with van der Waals surface area (Å²) in [4.78, 5) is 7.77. The maximum atomic E-state index is 13.4. The van der Waals surface area contributed by atoms with Gasteiger partial charge < -0.3 is 9.47 Å². The van der Waals surface area contributed by atoms with Crippen molar-refractivity contribution >= 4 is 34.3 Å². The molecule has 2 aromatic carbocycles. The number of hydrogen-bond acceptors (Lipinski definition) is 5. The summed E-state index contributed by atoms with van der Waals surface area (Å²) < 4.78 is 50.6. The molecular weight excluding hydrogens is 413 g/mol. The fourth-order valence-corrected chi connectivity index (χ4v) is 3.48. The standard InChI is InChI=1S/C19H14ClF3N2O2S/c1-26-14-8-3-11(9-15(14)27-2)10-24-18-25-17(19(21,22)23)16(28-18)12-4-6-13(20)7-5-12/h3-10H,1-2H3. The molecule has 0 aliphatic rings. The first-order chi connectivity index (χ1) is 13.3. The van der Waals surface area contributed by atoms with Gasteiger partial charge in [-0.25, -0.2) is 9.98 Å². The molecular formula is C19H14ClF3N2O2S. The van der Waals surface area contributed by atoms with E-state index in [0.29, 0.717) is 27.6 Å². The predicted octanol–water partition coefficient (Wildman–Crippen LogP) is 6.25. The number of nitrogens with zero attached hydrogens (tertiary/aromatic N) is 2. The summed E-state index contributed by atoms with van der Waals surface area (Å²) in [6.45, 7) is 0. The number of benzene rings is 2. The van der Waals surface area contributed by atoms with Gasteiger partial charge in [0.25, 0.3) is 0 Å². The van der Waals surface area contributed by atoms with Crippen molar-refractivity contribution in [1.29, 1.82) is 0 Å². The van der Waals surface area contributed by atoms with Gasteiger partial charge in [0.15, 0.2) is 17.2 Å². The lowest BCUT2D eigenvalue weighted by Crippen LogP contribution is -2.06. The topological polar surface area (TPSA) is 43.7 Å². The molecule has 0 saturated heterocycles. The van der Waals surface area contributed by atoms with Crippen LogP contribution in [-0.2, 0) is 6.18 Å². The molecule has 0 fully saturated rings. The zero-order chi connectivity index (χ0) is 20.3. The number of aliphatic imine (C=N–C) groups is 1. The maximum Gasteiger partial charge on any atom is 0.434 e. The Balaban J connectivity index is 1.97. The average Bonchev–Trinajstić information content (AvgIpc) is 3.11. The minimum absolute atomic E-state index is 0.00735. The van der Waals surface area contributed by atoms with Gasteiger partial charge in [0.1, 0.15) is 0 Å². The third-order valence-electron chi connectivity index (χ3n) is 3.72. The largest absolute Gasteiger partial charge is 0.493 e. The van der Waals surface area contributed by atoms with E-state index in [1.54, 1.807) is 18.2 Å². The molecule has 28 heavy (non-hydrogen) atoms. The van der Waals surface area contributed by atoms with Crippen molar-refractivity contribution in [2.24, 2.45) is 4.99 Å². The number of halogens is 4. The molecule has 0 N–H and O–H groups in total. The lowest BCUT2D eigenvalue weighted by atomic mass is 10.1. The number of alkyl halides is 3. The van der Waals surface area contributed by atoms with Crippen LogP contribution >= 0.6 is 22.9 Å². The second kappa shape index (κ2) is 8.20. The van der Waals surface area contributed by atoms with Crippen LogP contribution in [0.1, 0.15) is 11.3 Å². The molecule has 1 heterocycles. The van der Waals surface area contributed by atoms with Crippen LogP contribution in [0.25, 0.3) is 10.4 Å². The Kier molecular flexibility index (Phi) is 5.90. The molecule has 0 aliphatic carbocycles. The maximum absolute atomic E-state index is 13.4. The molecule has 0 amide bonds. The summed E-state index contributed by atoms with van der Waals surface area (Å²) in [5.41, 5.74) is 0.0375. The van der Waals surface area contributed by atoms with Crippen molar-refractivity contribution in [2.45, 2.75) is 6.18 Å². The van der Waals surface area contributed by atoms with Crippen LogP contribution in [0, 0.1) is 0 Å². The van der Waals surface area contributed by atoms with E-state index in [1.165, 1.54) is 44.7 Å². The van der Waals surface area contributed by atoms with Gasteiger partial charge in [0, 0.05) is 11.2 Å². The van der Waals surface area contributed by atoms with E-state index in [2.05, 4.69) is 9.98 Å². The molecule has 3 aromatic rings. The first-order valence-electron chi connectivity index (χ1n) is 7.92. The van der Waals surface area contributed by atoms with E-state index < -0.39 is 11.9 Å². The van der Waals surface area contributed by atoms with Gasteiger partial charge in [0.05, 0.1) is 19.1 Å². The van der Waals surface area contributed by atoms with E-state index in [1.807, 2.05) is 0 Å². The monoisotopic (exact) mass is 426 g/mol. The first kappa shape index (κ1) is 20.2. The molecule has 0 radical (unpaired) electrons. The molecule has 0 saturated carbocycles. The molecule has 0 bridgehead atoms. The Morgan fingerprint density at radius 1 is 1.04 bits per heavy atom. The van der Waals surface area contributed by atoms with Gasteiger partial charge >= 0.3 is 6.18 Å². The summed E-state index contributed by atoms with van der Waals surface area (Å²) in [7, 11) is 3.01. The second-order valence-electron chi connectivity index (χ2n) is 5.55. The molecule has 4 nitrogen and oxygen atoms in total. The predicted molar refractivity (Wildman–Crippen MR) is 104 cm³/mol. The summed E-state index contributed by atoms with van der Waals surface area (Å²) >= 11 is 6.67. The molecule has 3 rings (SSSR count). The van der Waals surface area contributed by atoms with Gasteiger partial charge in [0.2, 0.25) is 5.13 Å². The van der Waals surface area contributed by atoms with Crippen molar-refractivity contribution in [3.05, 3.63) is 58.7 Å². The molecule has 0 aliphatic heterocycles. The van der Waals surface area contributed by atoms with Crippen LogP contribution in [0.5, 0.6) is 11.5 Å². The van der Waals surface area contributed by atoms with Crippen molar-refractivity contribution in [3.8, 4) is 21.9 Å². The summed E-state index contributed by atoms with van der Waals surface area (Å²) in [5, 5.41) is 0.431. The van der Waals surface area contributed by atoms with E-state index in [4.69, 9.17) is 21.1 Å². The number of ether oxygens (including phenoxy) is 2. The number of rotatable bonds is 5. The molecule has 146 valence electrons. The van der Waals surface area contributed by atoms with Crippen molar-refractivity contribution in [3.63, 3.8) is 0 Å². The first-order valence-corrected chi connectivity index (χ1v) is 9.11. The van der Waals surface area contributed by atoms with E-state index in [9.17, 15) is 13.2 Å². The average molecular weight is 427 g/mol. The van der Waals surface area contributed by atoms with Crippen LogP contribution in [0.2, 0.25) is 5.02 Å². The van der Waals surface area contributed by atoms with Gasteiger partial charge in [-0.3, -0.25) is 0 Å². The lowest BCUT2D eigenvalue weighted by molar-refractivity contribution is -0.140. The van der Waals surface area contributed by atoms with Crippen molar-refractivity contribution in [1.82, 2.24) is 4.98 Å². The van der Waals surface area contributed by atoms with Crippen LogP contribution in [0.15, 0.2) is 47.5 Å². The lowest BCUT2D eigenvalue weighted by Gasteiger charge is -2.07. The third-order valence-corrected chi connectivity index (χ3v) is 4.99. The van der Waals surface area contributed by atoms with Crippen LogP contribution < -0.4 is 9.47 Å². The zero-order valence-electron chi connectivity index (χ0n) is 14.7. The van der Waals surface area contributed by atoms with Crippen molar-refractivity contribution < 1.29 is 22.6 Å². The van der Waals surface area contributed by atoms with Crippen LogP contribution in [0.3, 0.4) is 0 Å². The number of aromatic nitrogens is 1. The van der Waals surface area contributed by atoms with Gasteiger partial charge in [-0.15, -0.1) is 0 Å². The fourth-order valence-electron chi connectivity index (χ4n) is 2.42. The third kappa shape index (κ3) is 4.45. The van der Waals surface area contributed by atoms with E-state index in [0.717, 1.165) is 11.3 Å². The minimum atomic E-state index is -4.59. The molecule has 1 aromatic heterocycles. The molecule has 0 atom stereocenters. The SMILES string of the molecule is COc1ccc(C=Nc2nc(C(F)(F)F)c(-c3ccc(Cl)cc3)s2)cc1OC. The number of hydrogen-bond donors (Lipinski definition) is 0. The fraction of sp³-hybridized carbons (Fsp3) is 0.158. The molecule has 0 unspecified atom stereocenters. The Hall–Kier alpha value is -2.58. The minimum Gasteiger partial charge on any atom is -0.493 e. The van der Waals surface area contributed by atoms with Crippen LogP contribution in [-0.4, -0.2) is 25.4 Å².